The number of benzene rings is 1. The van der Waals surface area contributed by atoms with Gasteiger partial charge in [0, 0.05) is 0 Å². The van der Waals surface area contributed by atoms with Crippen molar-refractivity contribution in [1.82, 2.24) is 0 Å². The number of hydrogen-bond donors (Lipinski definition) is 0. The zero-order valence-corrected chi connectivity index (χ0v) is 15.0. The Bertz CT molecular complexity index is 538. The molecule has 0 heterocycles. The minimum atomic E-state index is -4.62. The summed E-state index contributed by atoms with van der Waals surface area (Å²) < 4.78 is 42.1. The van der Waals surface area contributed by atoms with Crippen LogP contribution in [0.25, 0.3) is 0 Å². The summed E-state index contributed by atoms with van der Waals surface area (Å²) in [5.74, 6) is 2.71. The lowest BCUT2D eigenvalue weighted by Gasteiger charge is -2.38. The number of para-hydroxylation sites is 1. The summed E-state index contributed by atoms with van der Waals surface area (Å²) in [5, 5.41) is 0. The third-order valence-corrected chi connectivity index (χ3v) is 6.49. The summed E-state index contributed by atoms with van der Waals surface area (Å²) in [7, 11) is 0. The van der Waals surface area contributed by atoms with Gasteiger partial charge >= 0.3 is 6.36 Å². The highest BCUT2D eigenvalue weighted by Gasteiger charge is 2.35. The monoisotopic (exact) mass is 354 g/mol. The molecule has 4 heteroatoms. The Morgan fingerprint density at radius 2 is 1.44 bits per heavy atom. The minimum absolute atomic E-state index is 0.0121. The van der Waals surface area contributed by atoms with Crippen LogP contribution in [0.5, 0.6) is 5.75 Å². The van der Waals surface area contributed by atoms with Gasteiger partial charge in [0.2, 0.25) is 0 Å². The van der Waals surface area contributed by atoms with Crippen molar-refractivity contribution in [3.63, 3.8) is 0 Å². The predicted octanol–water partition coefficient (Wildman–Crippen LogP) is 7.08. The largest absolute Gasteiger partial charge is 0.573 e. The Kier molecular flexibility index (Phi) is 5.96. The molecule has 2 aliphatic carbocycles. The van der Waals surface area contributed by atoms with Gasteiger partial charge in [-0.05, 0) is 73.8 Å². The van der Waals surface area contributed by atoms with Crippen LogP contribution in [-0.4, -0.2) is 6.36 Å². The molecule has 3 rings (SSSR count). The van der Waals surface area contributed by atoms with Crippen molar-refractivity contribution in [2.45, 2.75) is 77.0 Å². The molecule has 140 valence electrons. The fourth-order valence-electron chi connectivity index (χ4n) is 5.00. The first-order chi connectivity index (χ1) is 12.0. The molecule has 2 saturated carbocycles. The Labute approximate surface area is 149 Å². The van der Waals surface area contributed by atoms with Gasteiger partial charge in [0.15, 0.2) is 0 Å². The Morgan fingerprint density at radius 1 is 0.880 bits per heavy atom. The number of hydrogen-bond acceptors (Lipinski definition) is 1. The first-order valence-electron chi connectivity index (χ1n) is 9.81. The molecular formula is C21H29F3O. The van der Waals surface area contributed by atoms with Gasteiger partial charge in [-0.15, -0.1) is 13.2 Å². The van der Waals surface area contributed by atoms with Crippen molar-refractivity contribution in [3.8, 4) is 5.75 Å². The fraction of sp³-hybridized carbons (Fsp3) is 0.714. The van der Waals surface area contributed by atoms with E-state index in [0.29, 0.717) is 0 Å². The number of halogens is 3. The maximum atomic E-state index is 12.6. The average Bonchev–Trinajstić information content (AvgIpc) is 2.61. The zero-order chi connectivity index (χ0) is 17.9. The highest BCUT2D eigenvalue weighted by Crippen LogP contribution is 2.46. The van der Waals surface area contributed by atoms with E-state index >= 15 is 0 Å². The van der Waals surface area contributed by atoms with Crippen LogP contribution in [0.15, 0.2) is 24.3 Å². The van der Waals surface area contributed by atoms with E-state index in [1.165, 1.54) is 38.2 Å². The molecule has 0 radical (unpaired) electrons. The molecule has 0 N–H and O–H groups in total. The van der Waals surface area contributed by atoms with Crippen LogP contribution >= 0.6 is 0 Å². The molecule has 0 bridgehead atoms. The van der Waals surface area contributed by atoms with Crippen LogP contribution in [-0.2, 0) is 0 Å². The lowest BCUT2D eigenvalue weighted by Crippen LogP contribution is -2.25. The van der Waals surface area contributed by atoms with Crippen molar-refractivity contribution < 1.29 is 17.9 Å². The first-order valence-corrected chi connectivity index (χ1v) is 9.81. The van der Waals surface area contributed by atoms with E-state index in [-0.39, 0.29) is 11.7 Å². The summed E-state index contributed by atoms with van der Waals surface area (Å²) in [6, 6.07) is 6.68. The van der Waals surface area contributed by atoms with Crippen LogP contribution in [0.1, 0.15) is 76.2 Å². The zero-order valence-electron chi connectivity index (χ0n) is 15.0. The number of alkyl halides is 3. The lowest BCUT2D eigenvalue weighted by atomic mass is 9.68. The van der Waals surface area contributed by atoms with Gasteiger partial charge in [-0.3, -0.25) is 0 Å². The van der Waals surface area contributed by atoms with Gasteiger partial charge in [-0.25, -0.2) is 0 Å². The molecule has 0 unspecified atom stereocenters. The molecular weight excluding hydrogens is 325 g/mol. The van der Waals surface area contributed by atoms with Crippen molar-refractivity contribution in [1.29, 1.82) is 0 Å². The minimum Gasteiger partial charge on any atom is -0.405 e. The average molecular weight is 354 g/mol. The number of ether oxygens (including phenoxy) is 1. The SMILES string of the molecule is CC[C@H]1CC[C@H]([C@H]2CC[C@H](c3ccccc3OC(F)(F)F)CC2)CC1. The predicted molar refractivity (Wildman–Crippen MR) is 93.6 cm³/mol. The second-order valence-corrected chi connectivity index (χ2v) is 7.89. The summed E-state index contributed by atoms with van der Waals surface area (Å²) in [6.07, 6.45) is 6.36. The van der Waals surface area contributed by atoms with E-state index < -0.39 is 6.36 Å². The normalized spacial score (nSPS) is 30.9. The van der Waals surface area contributed by atoms with Crippen LogP contribution in [0, 0.1) is 17.8 Å². The van der Waals surface area contributed by atoms with Crippen molar-refractivity contribution >= 4 is 0 Å². The Morgan fingerprint density at radius 3 is 2.00 bits per heavy atom. The molecule has 1 nitrogen and oxygen atoms in total. The maximum Gasteiger partial charge on any atom is 0.573 e. The van der Waals surface area contributed by atoms with E-state index in [4.69, 9.17) is 0 Å². The van der Waals surface area contributed by atoms with Gasteiger partial charge in [0.25, 0.3) is 0 Å². The van der Waals surface area contributed by atoms with Gasteiger partial charge in [-0.2, -0.15) is 0 Å². The summed E-state index contributed by atoms with van der Waals surface area (Å²) >= 11 is 0. The van der Waals surface area contributed by atoms with Gasteiger partial charge in [0.1, 0.15) is 5.75 Å². The Hall–Kier alpha value is -1.19. The molecule has 0 aromatic heterocycles. The van der Waals surface area contributed by atoms with E-state index in [2.05, 4.69) is 11.7 Å². The molecule has 0 saturated heterocycles. The third kappa shape index (κ3) is 4.92. The summed E-state index contributed by atoms with van der Waals surface area (Å²) in [4.78, 5) is 0. The van der Waals surface area contributed by atoms with Crippen LogP contribution in [0.4, 0.5) is 13.2 Å². The molecule has 1 aromatic rings. The highest BCUT2D eigenvalue weighted by atomic mass is 19.4. The van der Waals surface area contributed by atoms with Crippen LogP contribution in [0.3, 0.4) is 0 Å². The maximum absolute atomic E-state index is 12.6. The van der Waals surface area contributed by atoms with Gasteiger partial charge < -0.3 is 4.74 Å². The van der Waals surface area contributed by atoms with E-state index in [1.54, 1.807) is 12.1 Å². The van der Waals surface area contributed by atoms with Gasteiger partial charge in [0.05, 0.1) is 0 Å². The molecule has 2 aliphatic rings. The first kappa shape index (κ1) is 18.6. The second-order valence-electron chi connectivity index (χ2n) is 7.89. The van der Waals surface area contributed by atoms with Crippen molar-refractivity contribution in [3.05, 3.63) is 29.8 Å². The van der Waals surface area contributed by atoms with Crippen LogP contribution < -0.4 is 4.74 Å². The quantitative estimate of drug-likeness (QED) is 0.561. The lowest BCUT2D eigenvalue weighted by molar-refractivity contribution is -0.275. The molecule has 25 heavy (non-hydrogen) atoms. The third-order valence-electron chi connectivity index (χ3n) is 6.49. The fourth-order valence-corrected chi connectivity index (χ4v) is 5.00. The van der Waals surface area contributed by atoms with E-state index in [9.17, 15) is 13.2 Å². The molecule has 0 spiro atoms. The Balaban J connectivity index is 1.58. The summed E-state index contributed by atoms with van der Waals surface area (Å²) in [5.41, 5.74) is 0.730. The number of rotatable bonds is 4. The molecule has 2 fully saturated rings. The second kappa shape index (κ2) is 8.01. The molecule has 0 aliphatic heterocycles. The van der Waals surface area contributed by atoms with E-state index in [1.807, 2.05) is 6.07 Å². The summed E-state index contributed by atoms with van der Waals surface area (Å²) in [6.45, 7) is 2.29. The van der Waals surface area contributed by atoms with Crippen LogP contribution in [0.2, 0.25) is 0 Å². The topological polar surface area (TPSA) is 9.23 Å². The van der Waals surface area contributed by atoms with Crippen molar-refractivity contribution in [2.24, 2.45) is 17.8 Å². The van der Waals surface area contributed by atoms with Gasteiger partial charge in [-0.1, -0.05) is 44.4 Å². The molecule has 0 amide bonds. The van der Waals surface area contributed by atoms with E-state index in [0.717, 1.165) is 49.0 Å². The highest BCUT2D eigenvalue weighted by molar-refractivity contribution is 5.36. The van der Waals surface area contributed by atoms with Crippen molar-refractivity contribution in [2.75, 3.05) is 0 Å². The standard InChI is InChI=1S/C21H29F3O/c1-2-15-7-9-16(10-8-15)17-11-13-18(14-12-17)19-5-3-4-6-20(19)25-21(22,23)24/h3-6,15-18H,2,7-14H2,1H3/t15-,16-,17-,18-. The smallest absolute Gasteiger partial charge is 0.405 e. The molecule has 1 aromatic carbocycles. The molecule has 0 atom stereocenters.